The summed E-state index contributed by atoms with van der Waals surface area (Å²) in [5.41, 5.74) is 2.15. The molecule has 0 fully saturated rings. The molecule has 1 aromatic rings. The molecule has 0 aliphatic carbocycles. The van der Waals surface area contributed by atoms with Crippen LogP contribution in [0.5, 0.6) is 0 Å². The summed E-state index contributed by atoms with van der Waals surface area (Å²) < 4.78 is 36.1. The summed E-state index contributed by atoms with van der Waals surface area (Å²) in [5.74, 6) is 0. The number of halogens is 3. The lowest BCUT2D eigenvalue weighted by atomic mass is 10.1. The highest BCUT2D eigenvalue weighted by Crippen LogP contribution is 2.36. The minimum absolute atomic E-state index is 0.0414. The summed E-state index contributed by atoms with van der Waals surface area (Å²) in [5, 5.41) is 8.67. The second-order valence-corrected chi connectivity index (χ2v) is 4.37. The van der Waals surface area contributed by atoms with Gasteiger partial charge in [-0.3, -0.25) is 0 Å². The zero-order chi connectivity index (χ0) is 12.2. The third kappa shape index (κ3) is 4.42. The molecule has 0 bridgehead atoms. The molecule has 0 aliphatic rings. The van der Waals surface area contributed by atoms with Crippen molar-refractivity contribution in [3.05, 3.63) is 29.8 Å². The van der Waals surface area contributed by atoms with E-state index in [1.54, 1.807) is 12.1 Å². The van der Waals surface area contributed by atoms with Crippen LogP contribution in [0.3, 0.4) is 0 Å². The predicted molar refractivity (Wildman–Crippen MR) is 57.0 cm³/mol. The van der Waals surface area contributed by atoms with Gasteiger partial charge in [0.25, 0.3) is 0 Å². The fourth-order valence-electron chi connectivity index (χ4n) is 1.22. The Kier molecular flexibility index (Phi) is 4.64. The molecule has 0 radical (unpaired) electrons. The average Bonchev–Trinajstić information content (AvgIpc) is 2.16. The first-order valence-electron chi connectivity index (χ1n) is 4.64. The van der Waals surface area contributed by atoms with Crippen LogP contribution in [-0.2, 0) is 0 Å². The lowest BCUT2D eigenvalue weighted by Crippen LogP contribution is -2.11. The minimum Gasteiger partial charge on any atom is -0.396 e. The molecule has 1 rings (SSSR count). The van der Waals surface area contributed by atoms with Crippen LogP contribution in [0.25, 0.3) is 0 Å². The molecule has 0 heterocycles. The van der Waals surface area contributed by atoms with Crippen molar-refractivity contribution < 1.29 is 18.3 Å². The molecular formula is C10H12F3NOS. The van der Waals surface area contributed by atoms with Crippen LogP contribution >= 0.6 is 11.8 Å². The second kappa shape index (κ2) is 5.56. The van der Waals surface area contributed by atoms with Crippen molar-refractivity contribution in [3.8, 4) is 0 Å². The first-order valence-corrected chi connectivity index (χ1v) is 5.46. The van der Waals surface area contributed by atoms with Crippen LogP contribution in [0, 0.1) is 0 Å². The van der Waals surface area contributed by atoms with E-state index in [0.29, 0.717) is 6.42 Å². The maximum atomic E-state index is 12.0. The van der Waals surface area contributed by atoms with Crippen molar-refractivity contribution in [2.75, 3.05) is 6.61 Å². The number of rotatable bonds is 4. The van der Waals surface area contributed by atoms with E-state index in [2.05, 4.69) is 0 Å². The van der Waals surface area contributed by atoms with E-state index in [-0.39, 0.29) is 29.3 Å². The molecule has 1 aromatic carbocycles. The average molecular weight is 251 g/mol. The standard InChI is InChI=1S/C10H12F3NOS/c11-10(12,13)16-8-3-1-7(2-4-8)9(14)5-6-15/h1-4,9,15H,5-6,14H2/t9-/m1/s1. The van der Waals surface area contributed by atoms with E-state index in [4.69, 9.17) is 10.8 Å². The summed E-state index contributed by atoms with van der Waals surface area (Å²) in [6.45, 7) is -0.0414. The Morgan fingerprint density at radius 2 is 1.81 bits per heavy atom. The van der Waals surface area contributed by atoms with E-state index >= 15 is 0 Å². The lowest BCUT2D eigenvalue weighted by Gasteiger charge is -2.11. The van der Waals surface area contributed by atoms with Crippen LogP contribution in [-0.4, -0.2) is 17.2 Å². The topological polar surface area (TPSA) is 46.2 Å². The van der Waals surface area contributed by atoms with Crippen molar-refractivity contribution in [3.63, 3.8) is 0 Å². The van der Waals surface area contributed by atoms with Crippen LogP contribution in [0.1, 0.15) is 18.0 Å². The molecule has 0 unspecified atom stereocenters. The highest BCUT2D eigenvalue weighted by molar-refractivity contribution is 8.00. The van der Waals surface area contributed by atoms with Crippen molar-refractivity contribution in [2.45, 2.75) is 22.9 Å². The van der Waals surface area contributed by atoms with Gasteiger partial charge in [0.2, 0.25) is 0 Å². The first kappa shape index (κ1) is 13.3. The number of nitrogens with two attached hydrogens (primary N) is 1. The van der Waals surface area contributed by atoms with Crippen LogP contribution < -0.4 is 5.73 Å². The smallest absolute Gasteiger partial charge is 0.396 e. The summed E-state index contributed by atoms with van der Waals surface area (Å²) in [6, 6.07) is 5.52. The second-order valence-electron chi connectivity index (χ2n) is 3.24. The Morgan fingerprint density at radius 3 is 2.25 bits per heavy atom. The molecule has 6 heteroatoms. The summed E-state index contributed by atoms with van der Waals surface area (Å²) >= 11 is -0.156. The molecule has 90 valence electrons. The summed E-state index contributed by atoms with van der Waals surface area (Å²) in [4.78, 5) is 0.132. The maximum Gasteiger partial charge on any atom is 0.446 e. The number of hydrogen-bond donors (Lipinski definition) is 2. The Morgan fingerprint density at radius 1 is 1.25 bits per heavy atom. The molecule has 0 spiro atoms. The number of hydrogen-bond acceptors (Lipinski definition) is 3. The SMILES string of the molecule is N[C@H](CCO)c1ccc(SC(F)(F)F)cc1. The number of alkyl halides is 3. The molecule has 1 atom stereocenters. The third-order valence-corrected chi connectivity index (χ3v) is 2.72. The Balaban J connectivity index is 2.68. The van der Waals surface area contributed by atoms with Crippen LogP contribution in [0.4, 0.5) is 13.2 Å². The van der Waals surface area contributed by atoms with Gasteiger partial charge in [-0.1, -0.05) is 12.1 Å². The molecule has 2 nitrogen and oxygen atoms in total. The number of thioether (sulfide) groups is 1. The fraction of sp³-hybridized carbons (Fsp3) is 0.400. The number of aliphatic hydroxyl groups excluding tert-OH is 1. The predicted octanol–water partition coefficient (Wildman–Crippen LogP) is 2.68. The maximum absolute atomic E-state index is 12.0. The molecular weight excluding hydrogens is 239 g/mol. The van der Waals surface area contributed by atoms with Gasteiger partial charge >= 0.3 is 5.51 Å². The number of aliphatic hydroxyl groups is 1. The van der Waals surface area contributed by atoms with Gasteiger partial charge < -0.3 is 10.8 Å². The summed E-state index contributed by atoms with van der Waals surface area (Å²) in [7, 11) is 0. The van der Waals surface area contributed by atoms with Crippen molar-refractivity contribution in [2.24, 2.45) is 5.73 Å². The van der Waals surface area contributed by atoms with Gasteiger partial charge in [0.15, 0.2) is 0 Å². The highest BCUT2D eigenvalue weighted by Gasteiger charge is 2.29. The Hall–Kier alpha value is -0.720. The molecule has 0 aromatic heterocycles. The summed E-state index contributed by atoms with van der Waals surface area (Å²) in [6.07, 6.45) is 0.395. The molecule has 0 aliphatic heterocycles. The molecule has 0 saturated heterocycles. The van der Waals surface area contributed by atoms with E-state index in [1.165, 1.54) is 12.1 Å². The van der Waals surface area contributed by atoms with Crippen molar-refractivity contribution >= 4 is 11.8 Å². The Bertz CT molecular complexity index is 326. The number of benzene rings is 1. The van der Waals surface area contributed by atoms with Crippen LogP contribution in [0.15, 0.2) is 29.2 Å². The third-order valence-electron chi connectivity index (χ3n) is 1.98. The highest BCUT2D eigenvalue weighted by atomic mass is 32.2. The van der Waals surface area contributed by atoms with Crippen molar-refractivity contribution in [1.82, 2.24) is 0 Å². The largest absolute Gasteiger partial charge is 0.446 e. The van der Waals surface area contributed by atoms with Gasteiger partial charge in [-0.25, -0.2) is 0 Å². The minimum atomic E-state index is -4.27. The fourth-order valence-corrected chi connectivity index (χ4v) is 1.76. The van der Waals surface area contributed by atoms with Crippen molar-refractivity contribution in [1.29, 1.82) is 0 Å². The van der Waals surface area contributed by atoms with Gasteiger partial charge in [0, 0.05) is 17.5 Å². The van der Waals surface area contributed by atoms with Gasteiger partial charge in [-0.15, -0.1) is 0 Å². The molecule has 3 N–H and O–H groups in total. The zero-order valence-electron chi connectivity index (χ0n) is 8.37. The van der Waals surface area contributed by atoms with Gasteiger partial charge in [0.05, 0.1) is 0 Å². The zero-order valence-corrected chi connectivity index (χ0v) is 9.18. The molecule has 0 amide bonds. The van der Waals surface area contributed by atoms with E-state index < -0.39 is 5.51 Å². The first-order chi connectivity index (χ1) is 7.42. The molecule has 0 saturated carbocycles. The van der Waals surface area contributed by atoms with E-state index in [0.717, 1.165) is 5.56 Å². The molecule has 16 heavy (non-hydrogen) atoms. The van der Waals surface area contributed by atoms with Gasteiger partial charge in [-0.05, 0) is 35.9 Å². The normalized spacial score (nSPS) is 13.8. The lowest BCUT2D eigenvalue weighted by molar-refractivity contribution is -0.0328. The monoisotopic (exact) mass is 251 g/mol. The van der Waals surface area contributed by atoms with Gasteiger partial charge in [-0.2, -0.15) is 13.2 Å². The van der Waals surface area contributed by atoms with Gasteiger partial charge in [0.1, 0.15) is 0 Å². The Labute approximate surface area is 95.6 Å². The van der Waals surface area contributed by atoms with Crippen LogP contribution in [0.2, 0.25) is 0 Å². The van der Waals surface area contributed by atoms with E-state index in [1.807, 2.05) is 0 Å². The van der Waals surface area contributed by atoms with E-state index in [9.17, 15) is 13.2 Å². The quantitative estimate of drug-likeness (QED) is 0.809.